The molecule has 1 aliphatic heterocycles. The average molecular weight is 580 g/mol. The lowest BCUT2D eigenvalue weighted by atomic mass is 10.1. The second kappa shape index (κ2) is 13.1. The molecule has 0 aromatic heterocycles. The molecule has 0 aliphatic carbocycles. The molecule has 0 saturated carbocycles. The standard InChI is InChI=1S/C25H24ClN3O4.C2HF3O2/c1-33-23-5-3-2-4-22(23)29-14-12-28(13-15-29)21-11-10-19(16-20(21)25(31)32)27-24(30)17-6-8-18(26)9-7-17;3-2(4,5)1(6)7/h2-11,16H,12-15H2,1H3,(H,27,30)(H,31,32);(H,6,7). The number of alkyl halides is 3. The summed E-state index contributed by atoms with van der Waals surface area (Å²) in [6, 6.07) is 19.3. The monoisotopic (exact) mass is 579 g/mol. The van der Waals surface area contributed by atoms with Crippen molar-refractivity contribution < 1.29 is 42.5 Å². The van der Waals surface area contributed by atoms with Gasteiger partial charge in [0.05, 0.1) is 24.0 Å². The van der Waals surface area contributed by atoms with Gasteiger partial charge in [-0.05, 0) is 54.6 Å². The molecular formula is C27H25ClF3N3O6. The first-order valence-corrected chi connectivity index (χ1v) is 12.2. The van der Waals surface area contributed by atoms with Crippen LogP contribution in [-0.4, -0.2) is 67.5 Å². The number of amides is 1. The van der Waals surface area contributed by atoms with E-state index in [0.29, 0.717) is 35.1 Å². The first-order valence-electron chi connectivity index (χ1n) is 11.8. The van der Waals surface area contributed by atoms with Crippen molar-refractivity contribution in [3.63, 3.8) is 0 Å². The molecule has 0 atom stereocenters. The van der Waals surface area contributed by atoms with Crippen LogP contribution in [0.3, 0.4) is 0 Å². The Hall–Kier alpha value is -4.45. The van der Waals surface area contributed by atoms with Gasteiger partial charge in [0.25, 0.3) is 5.91 Å². The number of nitrogens with zero attached hydrogens (tertiary/aromatic N) is 2. The van der Waals surface area contributed by atoms with Crippen molar-refractivity contribution in [1.82, 2.24) is 0 Å². The number of carbonyl (C=O) groups excluding carboxylic acids is 1. The van der Waals surface area contributed by atoms with E-state index < -0.39 is 18.1 Å². The number of ether oxygens (including phenoxy) is 1. The molecule has 13 heteroatoms. The van der Waals surface area contributed by atoms with E-state index in [1.165, 1.54) is 6.07 Å². The molecular weight excluding hydrogens is 555 g/mol. The summed E-state index contributed by atoms with van der Waals surface area (Å²) >= 11 is 5.87. The number of rotatable bonds is 6. The zero-order valence-electron chi connectivity index (χ0n) is 21.1. The fourth-order valence-electron chi connectivity index (χ4n) is 3.94. The van der Waals surface area contributed by atoms with Crippen molar-refractivity contribution >= 4 is 46.5 Å². The molecule has 0 bridgehead atoms. The molecule has 3 aromatic rings. The molecule has 0 spiro atoms. The maximum absolute atomic E-state index is 12.5. The molecule has 40 heavy (non-hydrogen) atoms. The van der Waals surface area contributed by atoms with Crippen LogP contribution in [0.25, 0.3) is 0 Å². The lowest BCUT2D eigenvalue weighted by molar-refractivity contribution is -0.192. The van der Waals surface area contributed by atoms with E-state index in [4.69, 9.17) is 26.2 Å². The normalized spacial score (nSPS) is 13.1. The largest absolute Gasteiger partial charge is 0.495 e. The topological polar surface area (TPSA) is 119 Å². The van der Waals surface area contributed by atoms with Gasteiger partial charge in [-0.1, -0.05) is 23.7 Å². The number of piperazine rings is 1. The molecule has 4 rings (SSSR count). The first-order chi connectivity index (χ1) is 18.9. The summed E-state index contributed by atoms with van der Waals surface area (Å²) < 4.78 is 37.2. The number of aliphatic carboxylic acids is 1. The Labute approximate surface area is 232 Å². The molecule has 1 saturated heterocycles. The molecule has 1 amide bonds. The Morgan fingerprint density at radius 1 is 0.875 bits per heavy atom. The minimum Gasteiger partial charge on any atom is -0.495 e. The number of anilines is 3. The van der Waals surface area contributed by atoms with E-state index in [1.807, 2.05) is 24.3 Å². The van der Waals surface area contributed by atoms with Crippen LogP contribution < -0.4 is 19.9 Å². The van der Waals surface area contributed by atoms with Crippen molar-refractivity contribution in [2.24, 2.45) is 0 Å². The zero-order valence-corrected chi connectivity index (χ0v) is 21.9. The van der Waals surface area contributed by atoms with Crippen molar-refractivity contribution in [1.29, 1.82) is 0 Å². The number of carbonyl (C=O) groups is 3. The Kier molecular flexibility index (Phi) is 9.83. The van der Waals surface area contributed by atoms with Crippen LogP contribution in [-0.2, 0) is 4.79 Å². The van der Waals surface area contributed by atoms with Crippen molar-refractivity contribution in [3.8, 4) is 5.75 Å². The van der Waals surface area contributed by atoms with Gasteiger partial charge in [0.2, 0.25) is 0 Å². The molecule has 0 unspecified atom stereocenters. The fourth-order valence-corrected chi connectivity index (χ4v) is 4.07. The molecule has 0 radical (unpaired) electrons. The van der Waals surface area contributed by atoms with Gasteiger partial charge in [-0.3, -0.25) is 4.79 Å². The van der Waals surface area contributed by atoms with Crippen molar-refractivity contribution in [3.05, 3.63) is 82.9 Å². The number of carboxylic acids is 2. The predicted octanol–water partition coefficient (Wildman–Crippen LogP) is 5.26. The number of para-hydroxylation sites is 2. The summed E-state index contributed by atoms with van der Waals surface area (Å²) in [6.45, 7) is 2.78. The van der Waals surface area contributed by atoms with Crippen LogP contribution in [0.2, 0.25) is 5.02 Å². The van der Waals surface area contributed by atoms with Crippen LogP contribution in [0.15, 0.2) is 66.7 Å². The fraction of sp³-hybridized carbons (Fsp3) is 0.222. The van der Waals surface area contributed by atoms with Crippen LogP contribution in [0.1, 0.15) is 20.7 Å². The number of carboxylic acid groups (broad SMARTS) is 2. The van der Waals surface area contributed by atoms with E-state index in [9.17, 15) is 27.9 Å². The van der Waals surface area contributed by atoms with Crippen LogP contribution in [0, 0.1) is 0 Å². The molecule has 1 fully saturated rings. The summed E-state index contributed by atoms with van der Waals surface area (Å²) in [5, 5.41) is 20.2. The minimum absolute atomic E-state index is 0.148. The van der Waals surface area contributed by atoms with E-state index in [2.05, 4.69) is 15.1 Å². The Morgan fingerprint density at radius 2 is 1.43 bits per heavy atom. The summed E-state index contributed by atoms with van der Waals surface area (Å²) in [7, 11) is 1.65. The highest BCUT2D eigenvalue weighted by molar-refractivity contribution is 6.30. The molecule has 9 nitrogen and oxygen atoms in total. The third-order valence-corrected chi connectivity index (χ3v) is 6.13. The van der Waals surface area contributed by atoms with E-state index >= 15 is 0 Å². The van der Waals surface area contributed by atoms with Gasteiger partial charge >= 0.3 is 18.1 Å². The third kappa shape index (κ3) is 7.79. The summed E-state index contributed by atoms with van der Waals surface area (Å²) in [4.78, 5) is 37.7. The zero-order chi connectivity index (χ0) is 29.4. The van der Waals surface area contributed by atoms with E-state index in [0.717, 1.165) is 24.5 Å². The quantitative estimate of drug-likeness (QED) is 0.362. The number of halogens is 4. The third-order valence-electron chi connectivity index (χ3n) is 5.88. The molecule has 212 valence electrons. The van der Waals surface area contributed by atoms with E-state index in [1.54, 1.807) is 43.5 Å². The van der Waals surface area contributed by atoms with Gasteiger partial charge in [0.15, 0.2) is 0 Å². The van der Waals surface area contributed by atoms with Crippen molar-refractivity contribution in [2.45, 2.75) is 6.18 Å². The summed E-state index contributed by atoms with van der Waals surface area (Å²) in [5.41, 5.74) is 2.66. The predicted molar refractivity (Wildman–Crippen MR) is 144 cm³/mol. The number of hydrogen-bond acceptors (Lipinski definition) is 6. The van der Waals surface area contributed by atoms with Gasteiger partial charge in [-0.25, -0.2) is 9.59 Å². The lowest BCUT2D eigenvalue weighted by Gasteiger charge is -2.38. The van der Waals surface area contributed by atoms with Crippen LogP contribution in [0.4, 0.5) is 30.2 Å². The van der Waals surface area contributed by atoms with Crippen LogP contribution >= 0.6 is 11.6 Å². The minimum atomic E-state index is -5.08. The van der Waals surface area contributed by atoms with Crippen LogP contribution in [0.5, 0.6) is 5.75 Å². The highest BCUT2D eigenvalue weighted by Gasteiger charge is 2.38. The summed E-state index contributed by atoms with van der Waals surface area (Å²) in [6.07, 6.45) is -5.08. The number of nitrogens with one attached hydrogen (secondary N) is 1. The number of benzene rings is 3. The number of aromatic carboxylic acids is 1. The smallest absolute Gasteiger partial charge is 0.490 e. The second-order valence-corrected chi connectivity index (χ2v) is 8.88. The van der Waals surface area contributed by atoms with Gasteiger partial charge in [-0.15, -0.1) is 0 Å². The highest BCUT2D eigenvalue weighted by atomic mass is 35.5. The maximum atomic E-state index is 12.5. The second-order valence-electron chi connectivity index (χ2n) is 8.45. The molecule has 3 N–H and O–H groups in total. The number of methoxy groups -OCH3 is 1. The molecule has 1 heterocycles. The van der Waals surface area contributed by atoms with Gasteiger partial charge < -0.3 is 30.1 Å². The van der Waals surface area contributed by atoms with Gasteiger partial charge in [0.1, 0.15) is 5.75 Å². The lowest BCUT2D eigenvalue weighted by Crippen LogP contribution is -2.47. The molecule has 3 aromatic carbocycles. The van der Waals surface area contributed by atoms with Crippen molar-refractivity contribution in [2.75, 3.05) is 48.4 Å². The highest BCUT2D eigenvalue weighted by Crippen LogP contribution is 2.31. The van der Waals surface area contributed by atoms with E-state index in [-0.39, 0.29) is 11.5 Å². The Morgan fingerprint density at radius 3 is 1.95 bits per heavy atom. The average Bonchev–Trinajstić information content (AvgIpc) is 2.93. The number of hydrogen-bond donors (Lipinski definition) is 3. The van der Waals surface area contributed by atoms with Gasteiger partial charge in [0, 0.05) is 42.5 Å². The Bertz CT molecular complexity index is 1360. The Balaban J connectivity index is 0.000000559. The SMILES string of the molecule is COc1ccccc1N1CCN(c2ccc(NC(=O)c3ccc(Cl)cc3)cc2C(=O)O)CC1.O=C(O)C(F)(F)F. The maximum Gasteiger partial charge on any atom is 0.490 e. The van der Waals surface area contributed by atoms with Gasteiger partial charge in [-0.2, -0.15) is 13.2 Å². The summed E-state index contributed by atoms with van der Waals surface area (Å²) in [5.74, 6) is -3.31. The first kappa shape index (κ1) is 30.1. The molecule has 1 aliphatic rings.